The number of carboxylic acid groups (broad SMARTS) is 1. The lowest BCUT2D eigenvalue weighted by Gasteiger charge is -2.08. The Morgan fingerprint density at radius 2 is 1.77 bits per heavy atom. The lowest BCUT2D eigenvalue weighted by atomic mass is 10.1. The van der Waals surface area contributed by atoms with Crippen molar-refractivity contribution in [2.45, 2.75) is 26.1 Å². The van der Waals surface area contributed by atoms with Crippen molar-refractivity contribution in [3.8, 4) is 0 Å². The third-order valence-corrected chi connectivity index (χ3v) is 3.09. The highest BCUT2D eigenvalue weighted by Gasteiger charge is 2.14. The third kappa shape index (κ3) is 4.79. The van der Waals surface area contributed by atoms with Crippen molar-refractivity contribution in [2.24, 2.45) is 0 Å². The van der Waals surface area contributed by atoms with Crippen molar-refractivity contribution in [2.75, 3.05) is 0 Å². The van der Waals surface area contributed by atoms with Crippen LogP contribution in [0, 0.1) is 0 Å². The van der Waals surface area contributed by atoms with E-state index >= 15 is 0 Å². The van der Waals surface area contributed by atoms with Gasteiger partial charge in [0.2, 0.25) is 0 Å². The molecular formula is C17H17NO4. The smallest absolute Gasteiger partial charge is 0.303 e. The van der Waals surface area contributed by atoms with Gasteiger partial charge in [-0.15, -0.1) is 0 Å². The number of carbonyl (C=O) groups is 2. The van der Waals surface area contributed by atoms with Crippen LogP contribution in [0.15, 0.2) is 48.7 Å². The first-order chi connectivity index (χ1) is 10.7. The normalized spacial score (nSPS) is 10.4. The topological polar surface area (TPSA) is 76.5 Å². The van der Waals surface area contributed by atoms with E-state index in [2.05, 4.69) is 4.98 Å². The van der Waals surface area contributed by atoms with Crippen LogP contribution in [0.1, 0.15) is 34.5 Å². The molecule has 0 fully saturated rings. The molecule has 5 heteroatoms. The van der Waals surface area contributed by atoms with E-state index in [0.29, 0.717) is 12.2 Å². The molecule has 1 aromatic carbocycles. The van der Waals surface area contributed by atoms with Crippen molar-refractivity contribution in [3.05, 3.63) is 65.5 Å². The molecule has 0 radical (unpaired) electrons. The van der Waals surface area contributed by atoms with Crippen LogP contribution in [-0.2, 0) is 22.7 Å². The zero-order valence-corrected chi connectivity index (χ0v) is 12.1. The van der Waals surface area contributed by atoms with Crippen LogP contribution in [0.2, 0.25) is 0 Å². The zero-order valence-electron chi connectivity index (χ0n) is 12.1. The van der Waals surface area contributed by atoms with Gasteiger partial charge in [-0.1, -0.05) is 36.4 Å². The Balaban J connectivity index is 1.96. The quantitative estimate of drug-likeness (QED) is 0.758. The number of benzene rings is 1. The van der Waals surface area contributed by atoms with Crippen LogP contribution in [0.25, 0.3) is 0 Å². The summed E-state index contributed by atoms with van der Waals surface area (Å²) in [6.45, 7) is 0.704. The number of Topliss-reactive ketones (excluding diaryl/α,β-unsaturated/α-hetero) is 1. The van der Waals surface area contributed by atoms with E-state index in [1.54, 1.807) is 12.1 Å². The Morgan fingerprint density at radius 3 is 2.50 bits per heavy atom. The van der Waals surface area contributed by atoms with E-state index < -0.39 is 5.97 Å². The minimum absolute atomic E-state index is 0.0575. The minimum Gasteiger partial charge on any atom is -0.481 e. The van der Waals surface area contributed by atoms with Crippen molar-refractivity contribution in [3.63, 3.8) is 0 Å². The van der Waals surface area contributed by atoms with Gasteiger partial charge >= 0.3 is 5.97 Å². The monoisotopic (exact) mass is 299 g/mol. The van der Waals surface area contributed by atoms with Crippen molar-refractivity contribution in [1.29, 1.82) is 0 Å². The number of carbonyl (C=O) groups excluding carboxylic acids is 1. The highest BCUT2D eigenvalue weighted by Crippen LogP contribution is 2.12. The number of hydrogen-bond donors (Lipinski definition) is 1. The average Bonchev–Trinajstić information content (AvgIpc) is 2.54. The second-order valence-electron chi connectivity index (χ2n) is 4.81. The molecule has 2 aromatic rings. The van der Waals surface area contributed by atoms with Gasteiger partial charge in [-0.05, 0) is 11.6 Å². The summed E-state index contributed by atoms with van der Waals surface area (Å²) in [5, 5.41) is 8.65. The van der Waals surface area contributed by atoms with E-state index in [1.807, 2.05) is 30.3 Å². The Kier molecular flexibility index (Phi) is 5.80. The maximum Gasteiger partial charge on any atom is 0.303 e. The van der Waals surface area contributed by atoms with Crippen molar-refractivity contribution < 1.29 is 19.4 Å². The standard InChI is InChI=1S/C17H17NO4/c19-15(8-9-16(20)21)17-14(7-4-10-18-17)12-22-11-13-5-2-1-3-6-13/h1-7,10H,8-9,11-12H2,(H,20,21). The summed E-state index contributed by atoms with van der Waals surface area (Å²) in [5.74, 6) is -1.27. The zero-order chi connectivity index (χ0) is 15.8. The number of nitrogens with zero attached hydrogens (tertiary/aromatic N) is 1. The molecule has 5 nitrogen and oxygen atoms in total. The maximum absolute atomic E-state index is 12.0. The summed E-state index contributed by atoms with van der Waals surface area (Å²) in [6.07, 6.45) is 1.27. The first-order valence-corrected chi connectivity index (χ1v) is 6.97. The number of aromatic nitrogens is 1. The number of aliphatic carboxylic acids is 1. The van der Waals surface area contributed by atoms with Crippen LogP contribution in [0.3, 0.4) is 0 Å². The highest BCUT2D eigenvalue weighted by molar-refractivity contribution is 5.96. The Bertz CT molecular complexity index is 640. The van der Waals surface area contributed by atoms with Crippen LogP contribution in [0.5, 0.6) is 0 Å². The fraction of sp³-hybridized carbons (Fsp3) is 0.235. The highest BCUT2D eigenvalue weighted by atomic mass is 16.5. The Labute approximate surface area is 128 Å². The van der Waals surface area contributed by atoms with Gasteiger partial charge < -0.3 is 9.84 Å². The van der Waals surface area contributed by atoms with Gasteiger partial charge in [-0.2, -0.15) is 0 Å². The van der Waals surface area contributed by atoms with Crippen molar-refractivity contribution in [1.82, 2.24) is 4.98 Å². The summed E-state index contributed by atoms with van der Waals surface area (Å²) in [5.41, 5.74) is 2.01. The molecule has 22 heavy (non-hydrogen) atoms. The molecule has 0 amide bonds. The molecule has 0 aliphatic heterocycles. The largest absolute Gasteiger partial charge is 0.481 e. The molecule has 0 aliphatic rings. The molecule has 0 spiro atoms. The Morgan fingerprint density at radius 1 is 1.00 bits per heavy atom. The summed E-state index contributed by atoms with van der Waals surface area (Å²) in [6, 6.07) is 13.2. The predicted molar refractivity (Wildman–Crippen MR) is 80.4 cm³/mol. The van der Waals surface area contributed by atoms with E-state index in [1.165, 1.54) is 6.20 Å². The SMILES string of the molecule is O=C(O)CCC(=O)c1ncccc1COCc1ccccc1. The fourth-order valence-electron chi connectivity index (χ4n) is 2.00. The molecule has 0 unspecified atom stereocenters. The first kappa shape index (κ1) is 15.9. The van der Waals surface area contributed by atoms with E-state index in [9.17, 15) is 9.59 Å². The van der Waals surface area contributed by atoms with Gasteiger partial charge in [0.25, 0.3) is 0 Å². The fourth-order valence-corrected chi connectivity index (χ4v) is 2.00. The lowest BCUT2D eigenvalue weighted by Crippen LogP contribution is -2.10. The molecular weight excluding hydrogens is 282 g/mol. The summed E-state index contributed by atoms with van der Waals surface area (Å²) < 4.78 is 5.61. The number of ether oxygens (including phenoxy) is 1. The van der Waals surface area contributed by atoms with Crippen LogP contribution in [0.4, 0.5) is 0 Å². The second-order valence-corrected chi connectivity index (χ2v) is 4.81. The number of hydrogen-bond acceptors (Lipinski definition) is 4. The summed E-state index contributed by atoms with van der Waals surface area (Å²) in [7, 11) is 0. The predicted octanol–water partition coefficient (Wildman–Crippen LogP) is 2.85. The molecule has 114 valence electrons. The van der Waals surface area contributed by atoms with Gasteiger partial charge in [0.1, 0.15) is 5.69 Å². The molecule has 0 bridgehead atoms. The van der Waals surface area contributed by atoms with Crippen LogP contribution >= 0.6 is 0 Å². The Hall–Kier alpha value is -2.53. The van der Waals surface area contributed by atoms with Crippen molar-refractivity contribution >= 4 is 11.8 Å². The molecule has 0 aliphatic carbocycles. The van der Waals surface area contributed by atoms with Gasteiger partial charge in [0, 0.05) is 18.2 Å². The second kappa shape index (κ2) is 8.05. The average molecular weight is 299 g/mol. The number of ketones is 1. The number of pyridine rings is 1. The molecule has 1 aromatic heterocycles. The number of rotatable bonds is 8. The molecule has 2 rings (SSSR count). The van der Waals surface area contributed by atoms with Gasteiger partial charge in [0.05, 0.1) is 19.6 Å². The lowest BCUT2D eigenvalue weighted by molar-refractivity contribution is -0.136. The molecule has 1 N–H and O–H groups in total. The maximum atomic E-state index is 12.0. The van der Waals surface area contributed by atoms with Crippen LogP contribution < -0.4 is 0 Å². The minimum atomic E-state index is -0.994. The number of carboxylic acids is 1. The van der Waals surface area contributed by atoms with E-state index in [-0.39, 0.29) is 30.9 Å². The first-order valence-electron chi connectivity index (χ1n) is 6.97. The molecule has 0 atom stereocenters. The van der Waals surface area contributed by atoms with Crippen LogP contribution in [-0.4, -0.2) is 21.8 Å². The molecule has 0 saturated carbocycles. The molecule has 1 heterocycles. The summed E-state index contributed by atoms with van der Waals surface area (Å²) >= 11 is 0. The van der Waals surface area contributed by atoms with Gasteiger partial charge in [0.15, 0.2) is 5.78 Å². The third-order valence-electron chi connectivity index (χ3n) is 3.09. The molecule has 0 saturated heterocycles. The van der Waals surface area contributed by atoms with E-state index in [4.69, 9.17) is 9.84 Å². The summed E-state index contributed by atoms with van der Waals surface area (Å²) in [4.78, 5) is 26.6. The van der Waals surface area contributed by atoms with E-state index in [0.717, 1.165) is 5.56 Å². The van der Waals surface area contributed by atoms with Gasteiger partial charge in [-0.3, -0.25) is 14.6 Å². The van der Waals surface area contributed by atoms with Gasteiger partial charge in [-0.25, -0.2) is 0 Å².